The Kier molecular flexibility index (Phi) is 6.61. The number of halogens is 1. The van der Waals surface area contributed by atoms with E-state index in [4.69, 9.17) is 21.1 Å². The third-order valence-corrected chi connectivity index (χ3v) is 5.14. The maximum Gasteiger partial charge on any atom is 0.286 e. The van der Waals surface area contributed by atoms with Crippen LogP contribution >= 0.6 is 23.4 Å². The van der Waals surface area contributed by atoms with Crippen LogP contribution in [0.5, 0.6) is 11.5 Å². The van der Waals surface area contributed by atoms with E-state index in [2.05, 4.69) is 10.3 Å². The van der Waals surface area contributed by atoms with E-state index in [-0.39, 0.29) is 11.1 Å². The van der Waals surface area contributed by atoms with Crippen molar-refractivity contribution < 1.29 is 19.1 Å². The first-order valence-corrected chi connectivity index (χ1v) is 9.91. The van der Waals surface area contributed by atoms with Crippen molar-refractivity contribution in [1.82, 2.24) is 5.32 Å². The molecule has 29 heavy (non-hydrogen) atoms. The zero-order valence-electron chi connectivity index (χ0n) is 16.1. The predicted molar refractivity (Wildman–Crippen MR) is 115 cm³/mol. The van der Waals surface area contributed by atoms with Gasteiger partial charge >= 0.3 is 0 Å². The highest BCUT2D eigenvalue weighted by Crippen LogP contribution is 2.38. The van der Waals surface area contributed by atoms with E-state index in [0.29, 0.717) is 33.6 Å². The fraction of sp³-hybridized carbons (Fsp3) is 0.190. The summed E-state index contributed by atoms with van der Waals surface area (Å²) in [6.45, 7) is 3.73. The van der Waals surface area contributed by atoms with Crippen LogP contribution in [0.1, 0.15) is 23.6 Å². The number of aryl methyl sites for hydroxylation is 1. The van der Waals surface area contributed by atoms with Crippen LogP contribution in [-0.4, -0.2) is 24.1 Å². The summed E-state index contributed by atoms with van der Waals surface area (Å²) in [6.07, 6.45) is 1.64. The van der Waals surface area contributed by atoms with Crippen LogP contribution in [0.2, 0.25) is 5.02 Å². The second-order valence-electron chi connectivity index (χ2n) is 6.32. The molecule has 6 nitrogen and oxygen atoms in total. The maximum absolute atomic E-state index is 12.0. The molecule has 2 aromatic rings. The quantitative estimate of drug-likeness (QED) is 0.714. The molecule has 8 heteroatoms. The van der Waals surface area contributed by atoms with Gasteiger partial charge in [-0.1, -0.05) is 41.4 Å². The number of aliphatic imine (C=N–C) groups is 1. The molecule has 1 aliphatic rings. The molecule has 150 valence electrons. The molecular weight excluding hydrogens is 412 g/mol. The van der Waals surface area contributed by atoms with Crippen LogP contribution < -0.4 is 14.8 Å². The topological polar surface area (TPSA) is 77.0 Å². The predicted octanol–water partition coefficient (Wildman–Crippen LogP) is 4.34. The van der Waals surface area contributed by atoms with Gasteiger partial charge in [-0.2, -0.15) is 4.99 Å². The molecule has 0 fully saturated rings. The standard InChI is InChI=1S/C21H19ClN2O4S/c1-12-4-6-14(7-5-12)11-28-19-16(22)8-15(9-17(19)27-3)10-18-20(26)24-21(29-18)23-13(2)25/h4-10H,11H2,1-3H3,(H,23,24,25,26)/b18-10+. The summed E-state index contributed by atoms with van der Waals surface area (Å²) < 4.78 is 11.3. The Labute approximate surface area is 177 Å². The van der Waals surface area contributed by atoms with Gasteiger partial charge in [-0.05, 0) is 48.0 Å². The molecule has 2 amide bonds. The van der Waals surface area contributed by atoms with Gasteiger partial charge in [0.1, 0.15) is 6.61 Å². The average molecular weight is 431 g/mol. The van der Waals surface area contributed by atoms with Gasteiger partial charge in [-0.3, -0.25) is 9.59 Å². The molecule has 0 spiro atoms. The number of carbonyl (C=O) groups is 2. The van der Waals surface area contributed by atoms with E-state index in [1.165, 1.54) is 19.6 Å². The Balaban J connectivity index is 1.79. The molecule has 1 aliphatic heterocycles. The van der Waals surface area contributed by atoms with E-state index in [0.717, 1.165) is 17.3 Å². The molecule has 0 unspecified atom stereocenters. The van der Waals surface area contributed by atoms with E-state index < -0.39 is 5.91 Å². The molecule has 1 N–H and O–H groups in total. The number of hydrogen-bond donors (Lipinski definition) is 1. The summed E-state index contributed by atoms with van der Waals surface area (Å²) in [7, 11) is 1.52. The minimum Gasteiger partial charge on any atom is -0.493 e. The Morgan fingerprint density at radius 1 is 1.28 bits per heavy atom. The molecule has 3 rings (SSSR count). The highest BCUT2D eigenvalue weighted by atomic mass is 35.5. The van der Waals surface area contributed by atoms with Crippen LogP contribution in [0.25, 0.3) is 6.08 Å². The van der Waals surface area contributed by atoms with Crippen LogP contribution in [0.3, 0.4) is 0 Å². The Morgan fingerprint density at radius 3 is 2.66 bits per heavy atom. The first-order chi connectivity index (χ1) is 13.9. The van der Waals surface area contributed by atoms with Gasteiger partial charge in [0.15, 0.2) is 16.7 Å². The zero-order valence-corrected chi connectivity index (χ0v) is 17.7. The van der Waals surface area contributed by atoms with Gasteiger partial charge in [0, 0.05) is 6.92 Å². The monoisotopic (exact) mass is 430 g/mol. The lowest BCUT2D eigenvalue weighted by molar-refractivity contribution is -0.117. The summed E-state index contributed by atoms with van der Waals surface area (Å²) in [5, 5.41) is 3.13. The fourth-order valence-electron chi connectivity index (χ4n) is 2.57. The third-order valence-electron chi connectivity index (χ3n) is 3.96. The summed E-state index contributed by atoms with van der Waals surface area (Å²) in [5.74, 6) is 0.172. The molecule has 0 saturated heterocycles. The molecule has 0 bridgehead atoms. The summed E-state index contributed by atoms with van der Waals surface area (Å²) in [5.41, 5.74) is 2.84. The van der Waals surface area contributed by atoms with Crippen molar-refractivity contribution in [3.05, 3.63) is 63.0 Å². The van der Waals surface area contributed by atoms with Crippen molar-refractivity contribution in [2.45, 2.75) is 20.5 Å². The number of carbonyl (C=O) groups excluding carboxylic acids is 2. The Bertz CT molecular complexity index is 1020. The molecular formula is C21H19ClN2O4S. The van der Waals surface area contributed by atoms with Crippen molar-refractivity contribution in [1.29, 1.82) is 0 Å². The number of methoxy groups -OCH3 is 1. The molecule has 0 atom stereocenters. The molecule has 0 saturated carbocycles. The molecule has 0 radical (unpaired) electrons. The number of amidine groups is 1. The van der Waals surface area contributed by atoms with Crippen molar-refractivity contribution in [3.8, 4) is 11.5 Å². The van der Waals surface area contributed by atoms with E-state index in [1.807, 2.05) is 31.2 Å². The van der Waals surface area contributed by atoms with E-state index >= 15 is 0 Å². The molecule has 0 aliphatic carbocycles. The third kappa shape index (κ3) is 5.40. The second kappa shape index (κ2) is 9.15. The minimum absolute atomic E-state index is 0.255. The van der Waals surface area contributed by atoms with E-state index in [1.54, 1.807) is 18.2 Å². The van der Waals surface area contributed by atoms with Crippen LogP contribution in [0.15, 0.2) is 46.3 Å². The van der Waals surface area contributed by atoms with Gasteiger partial charge in [0.2, 0.25) is 5.91 Å². The number of nitrogens with zero attached hydrogens (tertiary/aromatic N) is 1. The van der Waals surface area contributed by atoms with Gasteiger partial charge in [-0.15, -0.1) is 0 Å². The molecule has 2 aromatic carbocycles. The summed E-state index contributed by atoms with van der Waals surface area (Å²) >= 11 is 7.50. The normalized spacial score (nSPS) is 14.7. The largest absolute Gasteiger partial charge is 0.493 e. The number of ether oxygens (including phenoxy) is 2. The first-order valence-electron chi connectivity index (χ1n) is 8.71. The van der Waals surface area contributed by atoms with Gasteiger partial charge in [0.25, 0.3) is 5.91 Å². The number of hydrogen-bond acceptors (Lipinski definition) is 5. The van der Waals surface area contributed by atoms with Crippen molar-refractivity contribution >= 4 is 46.4 Å². The lowest BCUT2D eigenvalue weighted by Gasteiger charge is -2.13. The molecule has 1 heterocycles. The highest BCUT2D eigenvalue weighted by Gasteiger charge is 2.23. The number of amides is 2. The van der Waals surface area contributed by atoms with Crippen LogP contribution in [0.4, 0.5) is 0 Å². The van der Waals surface area contributed by atoms with Crippen molar-refractivity contribution in [3.63, 3.8) is 0 Å². The number of nitrogens with one attached hydrogen (secondary N) is 1. The lowest BCUT2D eigenvalue weighted by Crippen LogP contribution is -2.23. The lowest BCUT2D eigenvalue weighted by atomic mass is 10.1. The van der Waals surface area contributed by atoms with Gasteiger partial charge < -0.3 is 14.8 Å². The SMILES string of the molecule is COc1cc(/C=C2/SC(NC(C)=O)=NC2=O)cc(Cl)c1OCc1ccc(C)cc1. The summed E-state index contributed by atoms with van der Waals surface area (Å²) in [6, 6.07) is 11.4. The summed E-state index contributed by atoms with van der Waals surface area (Å²) in [4.78, 5) is 27.4. The second-order valence-corrected chi connectivity index (χ2v) is 7.76. The van der Waals surface area contributed by atoms with E-state index in [9.17, 15) is 9.59 Å². The smallest absolute Gasteiger partial charge is 0.286 e. The molecule has 0 aromatic heterocycles. The maximum atomic E-state index is 12.0. The highest BCUT2D eigenvalue weighted by molar-refractivity contribution is 8.18. The van der Waals surface area contributed by atoms with Crippen LogP contribution in [0, 0.1) is 6.92 Å². The Morgan fingerprint density at radius 2 is 2.00 bits per heavy atom. The van der Waals surface area contributed by atoms with Gasteiger partial charge in [-0.25, -0.2) is 0 Å². The number of benzene rings is 2. The van der Waals surface area contributed by atoms with Crippen molar-refractivity contribution in [2.75, 3.05) is 7.11 Å². The number of thioether (sulfide) groups is 1. The first kappa shape index (κ1) is 21.0. The number of rotatable bonds is 5. The minimum atomic E-state index is -0.423. The van der Waals surface area contributed by atoms with Crippen LogP contribution in [-0.2, 0) is 16.2 Å². The Hall–Kier alpha value is -2.77. The average Bonchev–Trinajstić information content (AvgIpc) is 2.99. The fourth-order valence-corrected chi connectivity index (χ4v) is 3.70. The van der Waals surface area contributed by atoms with Crippen molar-refractivity contribution in [2.24, 2.45) is 4.99 Å². The van der Waals surface area contributed by atoms with Gasteiger partial charge in [0.05, 0.1) is 17.0 Å². The zero-order chi connectivity index (χ0) is 21.0.